The summed E-state index contributed by atoms with van der Waals surface area (Å²) >= 11 is 1.27. The maximum atomic E-state index is 12.6. The van der Waals surface area contributed by atoms with Gasteiger partial charge >= 0.3 is 6.09 Å². The Balaban J connectivity index is 2.14. The van der Waals surface area contributed by atoms with E-state index in [4.69, 9.17) is 4.74 Å². The highest BCUT2D eigenvalue weighted by atomic mass is 32.1. The molecule has 2 N–H and O–H groups in total. The van der Waals surface area contributed by atoms with Crippen LogP contribution in [0.15, 0.2) is 24.3 Å². The van der Waals surface area contributed by atoms with Gasteiger partial charge in [0.25, 0.3) is 11.8 Å². The van der Waals surface area contributed by atoms with Gasteiger partial charge in [0.1, 0.15) is 10.8 Å². The van der Waals surface area contributed by atoms with Crippen molar-refractivity contribution < 1.29 is 23.9 Å². The Kier molecular flexibility index (Phi) is 7.57. The molecule has 3 amide bonds. The molecule has 1 heterocycles. The fourth-order valence-electron chi connectivity index (χ4n) is 2.41. The van der Waals surface area contributed by atoms with Crippen molar-refractivity contribution in [3.8, 4) is 5.75 Å². The number of thiophene rings is 1. The van der Waals surface area contributed by atoms with E-state index in [1.54, 1.807) is 31.2 Å². The second-order valence-electron chi connectivity index (χ2n) is 6.11. The number of hydrogen-bond donors (Lipinski definition) is 2. The largest absolute Gasteiger partial charge is 0.494 e. The molecule has 0 atom stereocenters. The molecular weight excluding hydrogens is 380 g/mol. The lowest BCUT2D eigenvalue weighted by molar-refractivity contribution is 0.0937. The highest BCUT2D eigenvalue weighted by molar-refractivity contribution is 7.16. The van der Waals surface area contributed by atoms with Gasteiger partial charge in [-0.05, 0) is 50.1 Å². The maximum absolute atomic E-state index is 12.6. The number of alkyl carbamates (subject to hydrolysis) is 1. The molecule has 0 saturated carbocycles. The van der Waals surface area contributed by atoms with E-state index in [-0.39, 0.29) is 11.5 Å². The smallest absolute Gasteiger partial charge is 0.413 e. The van der Waals surface area contributed by atoms with E-state index in [1.165, 1.54) is 18.4 Å². The molecule has 0 radical (unpaired) electrons. The summed E-state index contributed by atoms with van der Waals surface area (Å²) in [5.41, 5.74) is 1.38. The van der Waals surface area contributed by atoms with Gasteiger partial charge in [0.15, 0.2) is 0 Å². The third-order valence-electron chi connectivity index (χ3n) is 4.12. The van der Waals surface area contributed by atoms with Crippen LogP contribution in [0.3, 0.4) is 0 Å². The molecule has 1 aromatic carbocycles. The molecule has 28 heavy (non-hydrogen) atoms. The number of aryl methyl sites for hydroxylation is 1. The summed E-state index contributed by atoms with van der Waals surface area (Å²) in [7, 11) is 1.17. The minimum Gasteiger partial charge on any atom is -0.494 e. The number of unbranched alkanes of at least 4 members (excludes halogenated alkanes) is 1. The Morgan fingerprint density at radius 3 is 2.36 bits per heavy atom. The van der Waals surface area contributed by atoms with Gasteiger partial charge in [-0.2, -0.15) is 0 Å². The number of ether oxygens (including phenoxy) is 2. The molecule has 150 valence electrons. The Morgan fingerprint density at radius 2 is 1.75 bits per heavy atom. The lowest BCUT2D eigenvalue weighted by Gasteiger charge is -2.09. The first-order chi connectivity index (χ1) is 13.4. The molecule has 1 aromatic heterocycles. The predicted octanol–water partition coefficient (Wildman–Crippen LogP) is 4.29. The van der Waals surface area contributed by atoms with Crippen molar-refractivity contribution in [3.63, 3.8) is 0 Å². The Hall–Kier alpha value is -2.87. The van der Waals surface area contributed by atoms with Gasteiger partial charge in [0.2, 0.25) is 0 Å². The van der Waals surface area contributed by atoms with Crippen LogP contribution in [0, 0.1) is 13.8 Å². The first-order valence-corrected chi connectivity index (χ1v) is 9.72. The van der Waals surface area contributed by atoms with Crippen LogP contribution in [-0.4, -0.2) is 31.6 Å². The molecule has 0 fully saturated rings. The zero-order chi connectivity index (χ0) is 20.7. The topological polar surface area (TPSA) is 93.7 Å². The number of methoxy groups -OCH3 is 1. The highest BCUT2D eigenvalue weighted by Crippen LogP contribution is 2.32. The molecule has 0 aliphatic rings. The van der Waals surface area contributed by atoms with Gasteiger partial charge in [-0.15, -0.1) is 11.3 Å². The van der Waals surface area contributed by atoms with Gasteiger partial charge in [-0.3, -0.25) is 14.9 Å². The highest BCUT2D eigenvalue weighted by Gasteiger charge is 2.23. The summed E-state index contributed by atoms with van der Waals surface area (Å²) in [6, 6.07) is 6.80. The van der Waals surface area contributed by atoms with Crippen molar-refractivity contribution >= 4 is 34.2 Å². The van der Waals surface area contributed by atoms with Crippen LogP contribution >= 0.6 is 11.3 Å². The second kappa shape index (κ2) is 9.89. The summed E-state index contributed by atoms with van der Waals surface area (Å²) in [6.07, 6.45) is 1.16. The Labute approximate surface area is 168 Å². The minimum atomic E-state index is -0.857. The zero-order valence-corrected chi connectivity index (χ0v) is 17.2. The first-order valence-electron chi connectivity index (χ1n) is 8.90. The van der Waals surface area contributed by atoms with Gasteiger partial charge in [0.05, 0.1) is 19.3 Å². The van der Waals surface area contributed by atoms with E-state index in [1.807, 2.05) is 6.92 Å². The molecule has 2 aromatic rings. The van der Waals surface area contributed by atoms with E-state index < -0.39 is 12.0 Å². The quantitative estimate of drug-likeness (QED) is 0.672. The van der Waals surface area contributed by atoms with Crippen LogP contribution in [-0.2, 0) is 4.74 Å². The average Bonchev–Trinajstić information content (AvgIpc) is 2.95. The monoisotopic (exact) mass is 404 g/mol. The Bertz CT molecular complexity index is 858. The van der Waals surface area contributed by atoms with Crippen molar-refractivity contribution in [2.75, 3.05) is 19.0 Å². The summed E-state index contributed by atoms with van der Waals surface area (Å²) in [6.45, 7) is 6.32. The van der Waals surface area contributed by atoms with Crippen LogP contribution < -0.4 is 15.4 Å². The third kappa shape index (κ3) is 5.32. The van der Waals surface area contributed by atoms with Crippen molar-refractivity contribution in [2.24, 2.45) is 0 Å². The van der Waals surface area contributed by atoms with Crippen LogP contribution in [0.25, 0.3) is 0 Å². The summed E-state index contributed by atoms with van der Waals surface area (Å²) in [4.78, 5) is 37.2. The molecule has 2 rings (SSSR count). The number of carbonyl (C=O) groups excluding carboxylic acids is 3. The standard InChI is InChI=1S/C20H24N2O5S/c1-5-6-11-27-15-9-7-14(8-10-15)17(23)21-19-16(12(2)13(3)28-19)18(24)22-20(25)26-4/h7-10H,5-6,11H2,1-4H3,(H,21,23)(H,22,24,25). The molecule has 0 bridgehead atoms. The molecule has 7 nitrogen and oxygen atoms in total. The number of rotatable bonds is 7. The minimum absolute atomic E-state index is 0.251. The number of amides is 3. The summed E-state index contributed by atoms with van der Waals surface area (Å²) in [5.74, 6) is -0.275. The second-order valence-corrected chi connectivity index (χ2v) is 7.34. The zero-order valence-electron chi connectivity index (χ0n) is 16.4. The van der Waals surface area contributed by atoms with E-state index in [0.717, 1.165) is 17.7 Å². The SMILES string of the molecule is CCCCOc1ccc(C(=O)Nc2sc(C)c(C)c2C(=O)NC(=O)OC)cc1. The van der Waals surface area contributed by atoms with Crippen molar-refractivity contribution in [3.05, 3.63) is 45.8 Å². The number of nitrogens with one attached hydrogen (secondary N) is 2. The van der Waals surface area contributed by atoms with Crippen molar-refractivity contribution in [2.45, 2.75) is 33.6 Å². The first kappa shape index (κ1) is 21.4. The van der Waals surface area contributed by atoms with Crippen LogP contribution in [0.1, 0.15) is 50.9 Å². The van der Waals surface area contributed by atoms with E-state index in [9.17, 15) is 14.4 Å². The molecule has 0 aliphatic carbocycles. The van der Waals surface area contributed by atoms with Crippen LogP contribution in [0.4, 0.5) is 9.80 Å². The van der Waals surface area contributed by atoms with Gasteiger partial charge in [-0.25, -0.2) is 4.79 Å². The molecule has 0 aliphatic heterocycles. The van der Waals surface area contributed by atoms with Gasteiger partial charge in [-0.1, -0.05) is 13.3 Å². The molecule has 8 heteroatoms. The van der Waals surface area contributed by atoms with E-state index >= 15 is 0 Å². The fourth-order valence-corrected chi connectivity index (χ4v) is 3.46. The fraction of sp³-hybridized carbons (Fsp3) is 0.350. The molecular formula is C20H24N2O5S. The van der Waals surface area contributed by atoms with E-state index in [2.05, 4.69) is 22.3 Å². The summed E-state index contributed by atoms with van der Waals surface area (Å²) in [5, 5.41) is 5.26. The van der Waals surface area contributed by atoms with Crippen LogP contribution in [0.2, 0.25) is 0 Å². The van der Waals surface area contributed by atoms with E-state index in [0.29, 0.717) is 28.5 Å². The number of hydrogen-bond acceptors (Lipinski definition) is 6. The predicted molar refractivity (Wildman–Crippen MR) is 108 cm³/mol. The molecule has 0 saturated heterocycles. The number of benzene rings is 1. The Morgan fingerprint density at radius 1 is 1.07 bits per heavy atom. The van der Waals surface area contributed by atoms with Crippen molar-refractivity contribution in [1.29, 1.82) is 0 Å². The number of carbonyl (C=O) groups is 3. The van der Waals surface area contributed by atoms with Crippen molar-refractivity contribution in [1.82, 2.24) is 5.32 Å². The number of imide groups is 1. The third-order valence-corrected chi connectivity index (χ3v) is 5.25. The maximum Gasteiger partial charge on any atom is 0.413 e. The lowest BCUT2D eigenvalue weighted by atomic mass is 10.1. The molecule has 0 spiro atoms. The lowest BCUT2D eigenvalue weighted by Crippen LogP contribution is -2.31. The average molecular weight is 404 g/mol. The van der Waals surface area contributed by atoms with Crippen LogP contribution in [0.5, 0.6) is 5.75 Å². The summed E-state index contributed by atoms with van der Waals surface area (Å²) < 4.78 is 10.0. The number of anilines is 1. The normalized spacial score (nSPS) is 10.3. The van der Waals surface area contributed by atoms with Gasteiger partial charge < -0.3 is 14.8 Å². The van der Waals surface area contributed by atoms with Gasteiger partial charge in [0, 0.05) is 10.4 Å². The molecule has 0 unspecified atom stereocenters.